The van der Waals surface area contributed by atoms with Gasteiger partial charge in [-0.2, -0.15) is 42.3 Å². The molecular weight excluding hydrogens is 384 g/mol. The molecule has 124 valence electrons. The second kappa shape index (κ2) is 4.49. The molecule has 4 N–H and O–H groups in total. The maximum Gasteiger partial charge on any atom is 0.400 e. The molecule has 0 atom stereocenters. The van der Waals surface area contributed by atoms with E-state index in [2.05, 4.69) is 0 Å². The monoisotopic (exact) mass is 390 g/mol. The number of hydrogen-bond donors (Lipinski definition) is 4. The van der Waals surface area contributed by atoms with Crippen LogP contribution in [0.15, 0.2) is 12.4 Å². The predicted molar refractivity (Wildman–Crippen MR) is 61.7 cm³/mol. The van der Waals surface area contributed by atoms with E-state index >= 15 is 0 Å². The van der Waals surface area contributed by atoms with Crippen molar-refractivity contribution in [1.29, 1.82) is 0 Å². The lowest BCUT2D eigenvalue weighted by molar-refractivity contribution is 0.251. The summed E-state index contributed by atoms with van der Waals surface area (Å²) in [4.78, 5) is 0. The number of hydrogen-bond acceptors (Lipinski definition) is 8. The smallest absolute Gasteiger partial charge is 0.281 e. The summed E-state index contributed by atoms with van der Waals surface area (Å²) in [6, 6.07) is 0. The van der Waals surface area contributed by atoms with Crippen LogP contribution in [0.25, 0.3) is 0 Å². The lowest BCUT2D eigenvalue weighted by Gasteiger charge is -2.34. The zero-order chi connectivity index (χ0) is 17.1. The molecule has 0 aliphatic carbocycles. The van der Waals surface area contributed by atoms with Gasteiger partial charge in [0.05, 0.1) is 0 Å². The van der Waals surface area contributed by atoms with E-state index in [1.165, 1.54) is 0 Å². The minimum Gasteiger partial charge on any atom is -0.281 e. The molecule has 1 rings (SSSR count). The first-order valence-electron chi connectivity index (χ1n) is 4.13. The van der Waals surface area contributed by atoms with Gasteiger partial charge in [-0.05, 0) is 0 Å². The highest BCUT2D eigenvalue weighted by atomic mass is 32.3. The van der Waals surface area contributed by atoms with Gasteiger partial charge >= 0.3 is 45.2 Å². The predicted octanol–water partition coefficient (Wildman–Crippen LogP) is -2.93. The van der Waals surface area contributed by atoms with Crippen LogP contribution in [0.1, 0.15) is 0 Å². The van der Waals surface area contributed by atoms with Crippen LogP contribution < -0.4 is 0 Å². The molecule has 0 aromatic rings. The van der Waals surface area contributed by atoms with E-state index in [0.29, 0.717) is 0 Å². The second-order valence-corrected chi connectivity index (χ2v) is 9.22. The van der Waals surface area contributed by atoms with E-state index in [-0.39, 0.29) is 12.4 Å². The van der Waals surface area contributed by atoms with Gasteiger partial charge in [0.15, 0.2) is 0 Å². The Morgan fingerprint density at radius 2 is 0.857 bits per heavy atom. The quantitative estimate of drug-likeness (QED) is 0.354. The Kier molecular flexibility index (Phi) is 3.85. The fraction of sp³-hybridized carbons (Fsp3) is 0.333. The summed E-state index contributed by atoms with van der Waals surface area (Å²) < 4.78 is 117. The van der Waals surface area contributed by atoms with Crippen molar-refractivity contribution in [3.05, 3.63) is 12.4 Å². The van der Waals surface area contributed by atoms with Crippen molar-refractivity contribution in [2.75, 3.05) is 0 Å². The molecule has 21 heavy (non-hydrogen) atoms. The van der Waals surface area contributed by atoms with E-state index in [1.807, 2.05) is 0 Å². The van der Waals surface area contributed by atoms with Gasteiger partial charge < -0.3 is 0 Å². The van der Waals surface area contributed by atoms with Crippen molar-refractivity contribution >= 4 is 40.8 Å². The molecule has 14 nitrogen and oxygen atoms in total. The third-order valence-corrected chi connectivity index (χ3v) is 7.69. The summed E-state index contributed by atoms with van der Waals surface area (Å²) in [5, 5.41) is 0. The Labute approximate surface area is 118 Å². The van der Waals surface area contributed by atoms with Crippen LogP contribution in [0.3, 0.4) is 0 Å². The van der Waals surface area contributed by atoms with E-state index in [0.717, 1.165) is 0 Å². The van der Waals surface area contributed by atoms with Gasteiger partial charge in [0, 0.05) is 12.4 Å². The topological polar surface area (TPSA) is 224 Å². The minimum absolute atomic E-state index is 0.148. The molecule has 0 saturated carbocycles. The molecule has 0 fully saturated rings. The van der Waals surface area contributed by atoms with Gasteiger partial charge in [0.25, 0.3) is 0 Å². The van der Waals surface area contributed by atoms with Crippen LogP contribution in [0, 0.1) is 0 Å². The first kappa shape index (κ1) is 18.0. The molecule has 0 saturated heterocycles. The Hall–Kier alpha value is -1.02. The van der Waals surface area contributed by atoms with Crippen LogP contribution in [0.5, 0.6) is 0 Å². The summed E-state index contributed by atoms with van der Waals surface area (Å²) in [6.45, 7) is 0. The van der Waals surface area contributed by atoms with Crippen LogP contribution >= 0.6 is 0 Å². The molecule has 0 aromatic carbocycles. The largest absolute Gasteiger partial charge is 0.400 e. The molecule has 1 aliphatic heterocycles. The van der Waals surface area contributed by atoms with Crippen LogP contribution in [-0.2, 0) is 40.8 Å². The standard InChI is InChI=1S/C3H6N2O12S4/c6-18(7,8)3(19(9,10)11)4(20(12,13)14)1-2-5(3)21(15,16)17/h1-2H,(H,6,7,8)(H,9,10,11)(H,12,13,14)(H,15,16,17). The van der Waals surface area contributed by atoms with Gasteiger partial charge in [0.2, 0.25) is 0 Å². The van der Waals surface area contributed by atoms with Crippen molar-refractivity contribution in [2.45, 2.75) is 4.33 Å². The highest BCUT2D eigenvalue weighted by Gasteiger charge is 2.71. The fourth-order valence-corrected chi connectivity index (χ4v) is 7.15. The summed E-state index contributed by atoms with van der Waals surface area (Å²) in [5.41, 5.74) is 0. The SMILES string of the molecule is O=S(=O)(O)N1C=CN(S(=O)(=O)O)C1(S(=O)(=O)O)S(=O)(=O)O. The van der Waals surface area contributed by atoms with Crippen molar-refractivity contribution in [2.24, 2.45) is 0 Å². The van der Waals surface area contributed by atoms with E-state index in [9.17, 15) is 33.7 Å². The zero-order valence-electron chi connectivity index (χ0n) is 9.24. The Morgan fingerprint density at radius 1 is 0.619 bits per heavy atom. The Morgan fingerprint density at radius 3 is 1.00 bits per heavy atom. The Balaban J connectivity index is 4.09. The average molecular weight is 390 g/mol. The first-order valence-corrected chi connectivity index (χ1v) is 9.81. The molecule has 1 heterocycles. The fourth-order valence-electron chi connectivity index (χ4n) is 1.44. The van der Waals surface area contributed by atoms with Crippen LogP contribution in [0.4, 0.5) is 0 Å². The molecule has 1 aliphatic rings. The molecule has 0 amide bonds. The maximum atomic E-state index is 11.3. The molecule has 0 unspecified atom stereocenters. The van der Waals surface area contributed by atoms with Crippen molar-refractivity contribution < 1.29 is 51.9 Å². The lowest BCUT2D eigenvalue weighted by Crippen LogP contribution is -2.65. The van der Waals surface area contributed by atoms with Gasteiger partial charge in [0.1, 0.15) is 0 Å². The maximum absolute atomic E-state index is 11.3. The minimum atomic E-state index is -6.31. The van der Waals surface area contributed by atoms with Gasteiger partial charge in [-0.1, -0.05) is 0 Å². The second-order valence-electron chi connectivity index (χ2n) is 3.34. The van der Waals surface area contributed by atoms with Gasteiger partial charge in [-0.25, -0.2) is 0 Å². The normalized spacial score (nSPS) is 20.0. The number of nitrogens with zero attached hydrogens (tertiary/aromatic N) is 2. The zero-order valence-corrected chi connectivity index (χ0v) is 12.5. The third kappa shape index (κ3) is 2.59. The molecular formula is C3H6N2O12S4. The van der Waals surface area contributed by atoms with E-state index < -0.39 is 53.8 Å². The first-order chi connectivity index (χ1) is 8.97. The third-order valence-electron chi connectivity index (χ3n) is 2.06. The molecule has 0 radical (unpaired) electrons. The summed E-state index contributed by atoms with van der Waals surface area (Å²) >= 11 is 0. The van der Waals surface area contributed by atoms with Crippen molar-refractivity contribution in [1.82, 2.24) is 8.61 Å². The van der Waals surface area contributed by atoms with E-state index in [4.69, 9.17) is 18.2 Å². The molecule has 18 heteroatoms. The lowest BCUT2D eigenvalue weighted by atomic mass is 11.0. The number of rotatable bonds is 4. The highest BCUT2D eigenvalue weighted by molar-refractivity contribution is 8.06. The van der Waals surface area contributed by atoms with Crippen LogP contribution in [0.2, 0.25) is 0 Å². The van der Waals surface area contributed by atoms with Crippen molar-refractivity contribution in [3.63, 3.8) is 0 Å². The van der Waals surface area contributed by atoms with Crippen LogP contribution in [-0.4, -0.2) is 64.8 Å². The van der Waals surface area contributed by atoms with Gasteiger partial charge in [-0.3, -0.25) is 18.2 Å². The van der Waals surface area contributed by atoms with Crippen molar-refractivity contribution in [3.8, 4) is 0 Å². The summed E-state index contributed by atoms with van der Waals surface area (Å²) in [5.74, 6) is 0. The molecule has 0 aromatic heterocycles. The molecule has 0 bridgehead atoms. The molecule has 0 spiro atoms. The summed E-state index contributed by atoms with van der Waals surface area (Å²) in [7, 11) is -24.3. The summed E-state index contributed by atoms with van der Waals surface area (Å²) in [6.07, 6.45) is -0.296. The highest BCUT2D eigenvalue weighted by Crippen LogP contribution is 2.40. The van der Waals surface area contributed by atoms with E-state index in [1.54, 1.807) is 0 Å². The average Bonchev–Trinajstić information content (AvgIpc) is 2.53. The Bertz CT molecular complexity index is 814. The van der Waals surface area contributed by atoms with Gasteiger partial charge in [-0.15, -0.1) is 0 Å².